The Morgan fingerprint density at radius 1 is 1.30 bits per heavy atom. The molecule has 1 atom stereocenters. The fourth-order valence-corrected chi connectivity index (χ4v) is 2.80. The van der Waals surface area contributed by atoms with Crippen LogP contribution < -0.4 is 5.32 Å². The molecule has 1 unspecified atom stereocenters. The third-order valence-corrected chi connectivity index (χ3v) is 4.71. The summed E-state index contributed by atoms with van der Waals surface area (Å²) in [5, 5.41) is 8.21. The lowest BCUT2D eigenvalue weighted by Crippen LogP contribution is -2.21. The highest BCUT2D eigenvalue weighted by molar-refractivity contribution is 9.10. The van der Waals surface area contributed by atoms with Crippen molar-refractivity contribution >= 4 is 27.5 Å². The molecule has 6 heteroatoms. The highest BCUT2D eigenvalue weighted by atomic mass is 79.9. The first-order chi connectivity index (χ1) is 9.74. The fourth-order valence-electron chi connectivity index (χ4n) is 2.37. The van der Waals surface area contributed by atoms with Gasteiger partial charge >= 0.3 is 0 Å². The van der Waals surface area contributed by atoms with E-state index in [1.165, 1.54) is 19.3 Å². The number of nitrogens with one attached hydrogen (secondary N) is 1. The quantitative estimate of drug-likeness (QED) is 0.868. The summed E-state index contributed by atoms with van der Waals surface area (Å²) in [4.78, 5) is 4.50. The van der Waals surface area contributed by atoms with Crippen molar-refractivity contribution in [3.05, 3.63) is 33.5 Å². The zero-order valence-corrected chi connectivity index (χ0v) is 13.2. The number of nitrogens with zero attached hydrogens (tertiary/aromatic N) is 2. The lowest BCUT2D eigenvalue weighted by atomic mass is 10.1. The van der Waals surface area contributed by atoms with Gasteiger partial charge in [-0.2, -0.15) is 4.98 Å². The Balaban J connectivity index is 1.83. The molecule has 0 aliphatic carbocycles. The van der Waals surface area contributed by atoms with Crippen molar-refractivity contribution in [2.45, 2.75) is 31.7 Å². The monoisotopic (exact) mass is 355 g/mol. The van der Waals surface area contributed by atoms with Gasteiger partial charge in [-0.25, -0.2) is 0 Å². The topological polar surface area (TPSA) is 51.0 Å². The molecule has 20 heavy (non-hydrogen) atoms. The molecule has 0 bridgehead atoms. The van der Waals surface area contributed by atoms with Gasteiger partial charge < -0.3 is 9.84 Å². The van der Waals surface area contributed by atoms with Crippen LogP contribution in [0.4, 0.5) is 0 Å². The standard InChI is InChI=1S/C14H15BrClN3O/c15-10-6-5-9(8-11(10)16)14-18-13(19-20-14)12-4-2-1-3-7-17-12/h5-6,8,12,17H,1-4,7H2. The zero-order chi connectivity index (χ0) is 13.9. The fraction of sp³-hybridized carbons (Fsp3) is 0.429. The van der Waals surface area contributed by atoms with Crippen LogP contribution in [0.3, 0.4) is 0 Å². The second-order valence-corrected chi connectivity index (χ2v) is 6.20. The molecule has 0 radical (unpaired) electrons. The van der Waals surface area contributed by atoms with Gasteiger partial charge in [0, 0.05) is 10.0 Å². The van der Waals surface area contributed by atoms with E-state index in [0.29, 0.717) is 10.9 Å². The van der Waals surface area contributed by atoms with Gasteiger partial charge in [-0.05, 0) is 53.5 Å². The SMILES string of the molecule is Clc1cc(-c2nc(C3CCCCCN3)no2)ccc1Br. The van der Waals surface area contributed by atoms with Gasteiger partial charge in [-0.15, -0.1) is 0 Å². The molecule has 1 aromatic carbocycles. The van der Waals surface area contributed by atoms with E-state index < -0.39 is 0 Å². The van der Waals surface area contributed by atoms with E-state index in [2.05, 4.69) is 31.4 Å². The van der Waals surface area contributed by atoms with Crippen LogP contribution in [0.2, 0.25) is 5.02 Å². The molecule has 3 rings (SSSR count). The van der Waals surface area contributed by atoms with Crippen molar-refractivity contribution < 1.29 is 4.52 Å². The first-order valence-electron chi connectivity index (χ1n) is 6.76. The van der Waals surface area contributed by atoms with Crippen molar-refractivity contribution in [3.8, 4) is 11.5 Å². The Labute approximate surface area is 131 Å². The summed E-state index contributed by atoms with van der Waals surface area (Å²) in [7, 11) is 0. The van der Waals surface area contributed by atoms with Crippen molar-refractivity contribution in [2.75, 3.05) is 6.54 Å². The normalized spacial score (nSPS) is 19.8. The van der Waals surface area contributed by atoms with Crippen LogP contribution in [-0.2, 0) is 0 Å². The molecule has 1 aliphatic rings. The van der Waals surface area contributed by atoms with E-state index in [4.69, 9.17) is 16.1 Å². The molecule has 0 saturated carbocycles. The Morgan fingerprint density at radius 3 is 3.05 bits per heavy atom. The van der Waals surface area contributed by atoms with Gasteiger partial charge in [0.1, 0.15) is 0 Å². The highest BCUT2D eigenvalue weighted by Gasteiger charge is 2.20. The van der Waals surface area contributed by atoms with E-state index in [1.54, 1.807) is 0 Å². The summed E-state index contributed by atoms with van der Waals surface area (Å²) >= 11 is 9.46. The molecule has 1 N–H and O–H groups in total. The zero-order valence-electron chi connectivity index (χ0n) is 10.9. The third kappa shape index (κ3) is 3.05. The second-order valence-electron chi connectivity index (χ2n) is 4.94. The number of rotatable bonds is 2. The van der Waals surface area contributed by atoms with Crippen molar-refractivity contribution in [3.63, 3.8) is 0 Å². The predicted octanol–water partition coefficient (Wildman–Crippen LogP) is 4.36. The maximum atomic E-state index is 6.09. The molecule has 2 heterocycles. The maximum absolute atomic E-state index is 6.09. The van der Waals surface area contributed by atoms with Crippen LogP contribution in [-0.4, -0.2) is 16.7 Å². The summed E-state index contributed by atoms with van der Waals surface area (Å²) < 4.78 is 6.22. The van der Waals surface area contributed by atoms with Crippen molar-refractivity contribution in [1.82, 2.24) is 15.5 Å². The lowest BCUT2D eigenvalue weighted by molar-refractivity contribution is 0.402. The van der Waals surface area contributed by atoms with Crippen LogP contribution in [0.5, 0.6) is 0 Å². The number of hydrogen-bond acceptors (Lipinski definition) is 4. The summed E-state index contributed by atoms with van der Waals surface area (Å²) in [5.74, 6) is 1.25. The predicted molar refractivity (Wildman–Crippen MR) is 81.7 cm³/mol. The number of hydrogen-bond donors (Lipinski definition) is 1. The lowest BCUT2D eigenvalue weighted by Gasteiger charge is -2.09. The van der Waals surface area contributed by atoms with Gasteiger partial charge in [-0.3, -0.25) is 0 Å². The highest BCUT2D eigenvalue weighted by Crippen LogP contribution is 2.29. The summed E-state index contributed by atoms with van der Waals surface area (Å²) in [6, 6.07) is 5.81. The molecular weight excluding hydrogens is 342 g/mol. The molecule has 2 aromatic rings. The van der Waals surface area contributed by atoms with Crippen molar-refractivity contribution in [2.24, 2.45) is 0 Å². The van der Waals surface area contributed by atoms with Gasteiger partial charge in [0.2, 0.25) is 0 Å². The summed E-state index contributed by atoms with van der Waals surface area (Å²) in [6.07, 6.45) is 4.73. The van der Waals surface area contributed by atoms with Gasteiger partial charge in [0.25, 0.3) is 5.89 Å². The molecule has 1 fully saturated rings. The third-order valence-electron chi connectivity index (χ3n) is 3.48. The minimum absolute atomic E-state index is 0.195. The molecule has 1 aliphatic heterocycles. The smallest absolute Gasteiger partial charge is 0.258 e. The van der Waals surface area contributed by atoms with Gasteiger partial charge in [0.05, 0.1) is 11.1 Å². The number of benzene rings is 1. The Bertz CT molecular complexity index is 594. The molecule has 0 amide bonds. The Kier molecular flexibility index (Phi) is 4.38. The van der Waals surface area contributed by atoms with Crippen LogP contribution in [0, 0.1) is 0 Å². The molecule has 0 spiro atoms. The average molecular weight is 357 g/mol. The number of halogens is 2. The second kappa shape index (κ2) is 6.24. The van der Waals surface area contributed by atoms with Crippen LogP contribution >= 0.6 is 27.5 Å². The van der Waals surface area contributed by atoms with Crippen molar-refractivity contribution in [1.29, 1.82) is 0 Å². The minimum atomic E-state index is 0.195. The largest absolute Gasteiger partial charge is 0.334 e. The minimum Gasteiger partial charge on any atom is -0.334 e. The molecule has 1 saturated heterocycles. The number of aromatic nitrogens is 2. The molecule has 1 aromatic heterocycles. The Hall–Kier alpha value is -0.910. The molecule has 4 nitrogen and oxygen atoms in total. The molecule has 106 valence electrons. The van der Waals surface area contributed by atoms with E-state index >= 15 is 0 Å². The van der Waals surface area contributed by atoms with Crippen LogP contribution in [0.15, 0.2) is 27.2 Å². The van der Waals surface area contributed by atoms with E-state index in [9.17, 15) is 0 Å². The maximum Gasteiger partial charge on any atom is 0.258 e. The first-order valence-corrected chi connectivity index (χ1v) is 7.93. The van der Waals surface area contributed by atoms with E-state index in [-0.39, 0.29) is 6.04 Å². The van der Waals surface area contributed by atoms with Gasteiger partial charge in [0.15, 0.2) is 5.82 Å². The van der Waals surface area contributed by atoms with E-state index in [1.807, 2.05) is 18.2 Å². The average Bonchev–Trinajstić information content (AvgIpc) is 2.78. The first kappa shape index (κ1) is 14.0. The summed E-state index contributed by atoms with van der Waals surface area (Å²) in [5.41, 5.74) is 0.838. The summed E-state index contributed by atoms with van der Waals surface area (Å²) in [6.45, 7) is 1.01. The van der Waals surface area contributed by atoms with E-state index in [0.717, 1.165) is 28.8 Å². The molecular formula is C14H15BrClN3O. The Morgan fingerprint density at radius 2 is 2.20 bits per heavy atom. The van der Waals surface area contributed by atoms with Gasteiger partial charge in [-0.1, -0.05) is 29.6 Å². The van der Waals surface area contributed by atoms with Crippen LogP contribution in [0.1, 0.15) is 37.5 Å². The van der Waals surface area contributed by atoms with Crippen LogP contribution in [0.25, 0.3) is 11.5 Å².